The van der Waals surface area contributed by atoms with E-state index in [0.29, 0.717) is 44.3 Å². The van der Waals surface area contributed by atoms with Crippen molar-refractivity contribution in [3.63, 3.8) is 0 Å². The number of aromatic nitrogens is 2. The minimum absolute atomic E-state index is 0.0571. The molecule has 1 aliphatic rings. The first-order valence-corrected chi connectivity index (χ1v) is 11.1. The van der Waals surface area contributed by atoms with Gasteiger partial charge in [0.05, 0.1) is 17.8 Å². The van der Waals surface area contributed by atoms with Crippen LogP contribution in [0.25, 0.3) is 11.4 Å². The van der Waals surface area contributed by atoms with Gasteiger partial charge in [0.1, 0.15) is 0 Å². The maximum atomic E-state index is 13.1. The number of carbonyl (C=O) groups is 2. The van der Waals surface area contributed by atoms with Crippen molar-refractivity contribution >= 4 is 17.5 Å². The molecule has 0 aliphatic carbocycles. The molecule has 4 rings (SSSR count). The molecule has 0 bridgehead atoms. The second kappa shape index (κ2) is 10.7. The third-order valence-corrected chi connectivity index (χ3v) is 5.65. The summed E-state index contributed by atoms with van der Waals surface area (Å²) in [4.78, 5) is 32.7. The minimum atomic E-state index is -4.56. The second-order valence-electron chi connectivity index (χ2n) is 8.13. The number of alkyl halides is 3. The number of aryl methyl sites for hydroxylation is 1. The van der Waals surface area contributed by atoms with Gasteiger partial charge in [-0.3, -0.25) is 14.5 Å². The molecule has 1 N–H and O–H groups in total. The molecule has 2 aromatic carbocycles. The highest BCUT2D eigenvalue weighted by molar-refractivity contribution is 5.93. The second-order valence-corrected chi connectivity index (χ2v) is 8.13. The van der Waals surface area contributed by atoms with Crippen LogP contribution in [0, 0.1) is 0 Å². The molecule has 35 heavy (non-hydrogen) atoms. The molecule has 1 fully saturated rings. The van der Waals surface area contributed by atoms with Crippen LogP contribution in [0.5, 0.6) is 0 Å². The van der Waals surface area contributed by atoms with E-state index >= 15 is 0 Å². The molecule has 0 unspecified atom stereocenters. The van der Waals surface area contributed by atoms with Crippen molar-refractivity contribution in [3.05, 3.63) is 66.1 Å². The summed E-state index contributed by atoms with van der Waals surface area (Å²) in [5, 5.41) is 6.29. The van der Waals surface area contributed by atoms with E-state index in [4.69, 9.17) is 4.52 Å². The molecule has 0 atom stereocenters. The minimum Gasteiger partial charge on any atom is -0.340 e. The molecule has 11 heteroatoms. The Morgan fingerprint density at radius 3 is 2.37 bits per heavy atom. The average Bonchev–Trinajstić information content (AvgIpc) is 3.32. The van der Waals surface area contributed by atoms with E-state index < -0.39 is 17.6 Å². The molecule has 0 saturated carbocycles. The number of para-hydroxylation sites is 1. The van der Waals surface area contributed by atoms with Crippen molar-refractivity contribution in [1.82, 2.24) is 19.9 Å². The molecular weight excluding hydrogens is 463 g/mol. The van der Waals surface area contributed by atoms with Crippen LogP contribution in [0.4, 0.5) is 18.9 Å². The zero-order valence-electron chi connectivity index (χ0n) is 18.8. The highest BCUT2D eigenvalue weighted by Gasteiger charge is 2.33. The molecule has 0 radical (unpaired) electrons. The third kappa shape index (κ3) is 6.44. The first kappa shape index (κ1) is 24.4. The zero-order valence-corrected chi connectivity index (χ0v) is 18.8. The Morgan fingerprint density at radius 1 is 0.971 bits per heavy atom. The summed E-state index contributed by atoms with van der Waals surface area (Å²) in [6.45, 7) is 1.67. The Labute approximate surface area is 199 Å². The van der Waals surface area contributed by atoms with Gasteiger partial charge in [-0.05, 0) is 12.1 Å². The van der Waals surface area contributed by atoms with Crippen LogP contribution >= 0.6 is 0 Å². The summed E-state index contributed by atoms with van der Waals surface area (Å²) < 4.78 is 44.6. The lowest BCUT2D eigenvalue weighted by molar-refractivity contribution is -0.137. The van der Waals surface area contributed by atoms with Crippen LogP contribution in [0.1, 0.15) is 17.9 Å². The van der Waals surface area contributed by atoms with E-state index in [1.54, 1.807) is 9.80 Å². The predicted octanol–water partition coefficient (Wildman–Crippen LogP) is 3.47. The molecule has 2 heterocycles. The predicted molar refractivity (Wildman–Crippen MR) is 121 cm³/mol. The lowest BCUT2D eigenvalue weighted by atomic mass is 10.1. The van der Waals surface area contributed by atoms with Crippen molar-refractivity contribution < 1.29 is 27.3 Å². The average molecular weight is 487 g/mol. The van der Waals surface area contributed by atoms with Crippen molar-refractivity contribution in [3.8, 4) is 11.4 Å². The maximum Gasteiger partial charge on any atom is 0.418 e. The van der Waals surface area contributed by atoms with E-state index in [9.17, 15) is 22.8 Å². The smallest absolute Gasteiger partial charge is 0.340 e. The van der Waals surface area contributed by atoms with E-state index in [1.807, 2.05) is 30.3 Å². The topological polar surface area (TPSA) is 91.6 Å². The van der Waals surface area contributed by atoms with Crippen LogP contribution in [-0.2, 0) is 22.2 Å². The van der Waals surface area contributed by atoms with Gasteiger partial charge in [0.25, 0.3) is 0 Å². The Balaban J connectivity index is 1.21. The van der Waals surface area contributed by atoms with Gasteiger partial charge in [0.15, 0.2) is 0 Å². The van der Waals surface area contributed by atoms with E-state index in [2.05, 4.69) is 15.5 Å². The van der Waals surface area contributed by atoms with Gasteiger partial charge in [-0.1, -0.05) is 47.6 Å². The number of halogens is 3. The molecule has 3 aromatic rings. The van der Waals surface area contributed by atoms with Crippen molar-refractivity contribution in [2.75, 3.05) is 38.0 Å². The molecule has 0 spiro atoms. The number of rotatable bonds is 7. The molecule has 184 valence electrons. The quantitative estimate of drug-likeness (QED) is 0.549. The summed E-state index contributed by atoms with van der Waals surface area (Å²) in [5.74, 6) is 0.254. The first-order chi connectivity index (χ1) is 16.8. The van der Waals surface area contributed by atoms with Gasteiger partial charge in [0, 0.05) is 44.6 Å². The fraction of sp³-hybridized carbons (Fsp3) is 0.333. The summed E-state index contributed by atoms with van der Waals surface area (Å²) in [7, 11) is 0. The molecule has 1 aliphatic heterocycles. The number of nitrogens with one attached hydrogen (secondary N) is 1. The Kier molecular flexibility index (Phi) is 7.45. The van der Waals surface area contributed by atoms with E-state index in [1.165, 1.54) is 18.2 Å². The van der Waals surface area contributed by atoms with Crippen molar-refractivity contribution in [2.24, 2.45) is 0 Å². The number of piperazine rings is 1. The van der Waals surface area contributed by atoms with Crippen molar-refractivity contribution in [2.45, 2.75) is 19.0 Å². The number of benzene rings is 2. The van der Waals surface area contributed by atoms with Gasteiger partial charge in [0.2, 0.25) is 23.5 Å². The largest absolute Gasteiger partial charge is 0.418 e. The van der Waals surface area contributed by atoms with Crippen LogP contribution in [0.2, 0.25) is 0 Å². The highest BCUT2D eigenvalue weighted by Crippen LogP contribution is 2.34. The molecule has 1 saturated heterocycles. The monoisotopic (exact) mass is 487 g/mol. The molecule has 8 nitrogen and oxygen atoms in total. The number of nitrogens with zero attached hydrogens (tertiary/aromatic N) is 4. The number of hydrogen-bond donors (Lipinski definition) is 1. The van der Waals surface area contributed by atoms with Crippen LogP contribution in [-0.4, -0.2) is 64.5 Å². The van der Waals surface area contributed by atoms with Crippen LogP contribution in [0.3, 0.4) is 0 Å². The number of carbonyl (C=O) groups excluding carboxylic acids is 2. The third-order valence-electron chi connectivity index (χ3n) is 5.65. The van der Waals surface area contributed by atoms with E-state index in [0.717, 1.165) is 11.6 Å². The number of anilines is 1. The fourth-order valence-corrected chi connectivity index (χ4v) is 3.82. The lowest BCUT2D eigenvalue weighted by Gasteiger charge is -2.34. The van der Waals surface area contributed by atoms with Gasteiger partial charge in [-0.2, -0.15) is 18.2 Å². The van der Waals surface area contributed by atoms with Crippen LogP contribution in [0.15, 0.2) is 59.1 Å². The highest BCUT2D eigenvalue weighted by atomic mass is 19.4. The SMILES string of the molecule is O=C(CN1CCN(C(=O)CCc2nc(-c3ccccc3)no2)CC1)Nc1ccccc1C(F)(F)F. The summed E-state index contributed by atoms with van der Waals surface area (Å²) >= 11 is 0. The van der Waals surface area contributed by atoms with Gasteiger partial charge >= 0.3 is 6.18 Å². The van der Waals surface area contributed by atoms with E-state index in [-0.39, 0.29) is 24.6 Å². The number of amides is 2. The Hall–Kier alpha value is -3.73. The summed E-state index contributed by atoms with van der Waals surface area (Å²) in [6.07, 6.45) is -4.02. The molecular formula is C24H24F3N5O3. The standard InChI is InChI=1S/C24H24F3N5O3/c25-24(26,27)18-8-4-5-9-19(18)28-20(33)16-31-12-14-32(15-13-31)22(34)11-10-21-29-23(30-35-21)17-6-2-1-3-7-17/h1-9H,10-16H2,(H,28,33). The fourth-order valence-electron chi connectivity index (χ4n) is 3.82. The first-order valence-electron chi connectivity index (χ1n) is 11.1. The van der Waals surface area contributed by atoms with Gasteiger partial charge in [-0.15, -0.1) is 0 Å². The van der Waals surface area contributed by atoms with Crippen molar-refractivity contribution in [1.29, 1.82) is 0 Å². The Morgan fingerprint density at radius 2 is 1.66 bits per heavy atom. The lowest BCUT2D eigenvalue weighted by Crippen LogP contribution is -2.50. The van der Waals surface area contributed by atoms with Gasteiger partial charge in [-0.25, -0.2) is 0 Å². The van der Waals surface area contributed by atoms with Crippen LogP contribution < -0.4 is 5.32 Å². The maximum absolute atomic E-state index is 13.1. The normalized spacial score (nSPS) is 14.7. The summed E-state index contributed by atoms with van der Waals surface area (Å²) in [5.41, 5.74) is -0.327. The zero-order chi connectivity index (χ0) is 24.8. The Bertz CT molecular complexity index is 1160. The molecule has 1 aromatic heterocycles. The number of hydrogen-bond acceptors (Lipinski definition) is 6. The van der Waals surface area contributed by atoms with Gasteiger partial charge < -0.3 is 14.7 Å². The molecule has 2 amide bonds. The summed E-state index contributed by atoms with van der Waals surface area (Å²) in [6, 6.07) is 14.2.